The number of ether oxygens (including phenoxy) is 1. The molecule has 27 heavy (non-hydrogen) atoms. The van der Waals surface area contributed by atoms with Crippen LogP contribution < -0.4 is 10.3 Å². The van der Waals surface area contributed by atoms with Gasteiger partial charge in [-0.15, -0.1) is 0 Å². The Kier molecular flexibility index (Phi) is 4.46. The zero-order valence-corrected chi connectivity index (χ0v) is 14.8. The first-order valence-corrected chi connectivity index (χ1v) is 8.70. The summed E-state index contributed by atoms with van der Waals surface area (Å²) in [6, 6.07) is 15.6. The maximum absolute atomic E-state index is 13.4. The monoisotopic (exact) mass is 363 g/mol. The van der Waals surface area contributed by atoms with Crippen molar-refractivity contribution < 1.29 is 9.13 Å². The number of hydrogen-bond donors (Lipinski definition) is 0. The molecule has 5 nitrogen and oxygen atoms in total. The second-order valence-corrected chi connectivity index (χ2v) is 6.18. The number of hydrogen-bond acceptors (Lipinski definition) is 3. The van der Waals surface area contributed by atoms with E-state index in [-0.39, 0.29) is 11.4 Å². The van der Waals surface area contributed by atoms with Crippen LogP contribution in [0.2, 0.25) is 0 Å². The van der Waals surface area contributed by atoms with E-state index in [4.69, 9.17) is 4.74 Å². The van der Waals surface area contributed by atoms with Gasteiger partial charge in [-0.25, -0.2) is 8.91 Å². The molecule has 6 heteroatoms. The molecule has 0 aliphatic carbocycles. The molecule has 4 rings (SSSR count). The van der Waals surface area contributed by atoms with E-state index in [1.165, 1.54) is 12.1 Å². The third-order valence-electron chi connectivity index (χ3n) is 4.31. The van der Waals surface area contributed by atoms with Gasteiger partial charge < -0.3 is 9.30 Å². The van der Waals surface area contributed by atoms with Crippen LogP contribution in [0.5, 0.6) is 5.75 Å². The maximum atomic E-state index is 13.4. The van der Waals surface area contributed by atoms with Crippen molar-refractivity contribution in [1.29, 1.82) is 0 Å². The highest BCUT2D eigenvalue weighted by Crippen LogP contribution is 2.22. The molecule has 0 saturated heterocycles. The van der Waals surface area contributed by atoms with Gasteiger partial charge >= 0.3 is 0 Å². The topological polar surface area (TPSA) is 48.5 Å². The number of fused-ring (bicyclic) bond motifs is 1. The Bertz CT molecular complexity index is 1150. The van der Waals surface area contributed by atoms with Crippen molar-refractivity contribution in [2.75, 3.05) is 6.61 Å². The van der Waals surface area contributed by atoms with Crippen molar-refractivity contribution in [3.8, 4) is 17.0 Å². The predicted octanol–water partition coefficient (Wildman–Crippen LogP) is 3.75. The molecule has 0 aliphatic rings. The van der Waals surface area contributed by atoms with Gasteiger partial charge in [-0.2, -0.15) is 5.10 Å². The molecule has 2 aromatic carbocycles. The van der Waals surface area contributed by atoms with Gasteiger partial charge in [0.05, 0.1) is 18.8 Å². The largest absolute Gasteiger partial charge is 0.494 e. The van der Waals surface area contributed by atoms with Gasteiger partial charge in [0, 0.05) is 18.0 Å². The van der Waals surface area contributed by atoms with Crippen LogP contribution in [-0.2, 0) is 6.54 Å². The highest BCUT2D eigenvalue weighted by atomic mass is 19.1. The van der Waals surface area contributed by atoms with Crippen LogP contribution in [0.15, 0.2) is 71.8 Å². The van der Waals surface area contributed by atoms with Crippen molar-refractivity contribution in [3.63, 3.8) is 0 Å². The van der Waals surface area contributed by atoms with Gasteiger partial charge in [-0.05, 0) is 55.0 Å². The lowest BCUT2D eigenvalue weighted by Crippen LogP contribution is -2.21. The Labute approximate surface area is 155 Å². The Hall–Kier alpha value is -3.41. The molecule has 4 aromatic rings. The molecule has 136 valence electrons. The number of rotatable bonds is 5. The molecular weight excluding hydrogens is 345 g/mol. The molecule has 0 unspecified atom stereocenters. The van der Waals surface area contributed by atoms with Gasteiger partial charge in [-0.1, -0.05) is 12.1 Å². The molecule has 0 amide bonds. The molecule has 0 saturated carbocycles. The van der Waals surface area contributed by atoms with Crippen molar-refractivity contribution in [2.45, 2.75) is 13.5 Å². The standard InChI is InChI=1S/C21H18FN3O2/c1-2-27-18-8-6-16(7-9-18)19-13-20-21(26)24(10-11-25(20)23-19)14-15-4-3-5-17(22)12-15/h3-13H,2,14H2,1H3. The summed E-state index contributed by atoms with van der Waals surface area (Å²) in [4.78, 5) is 12.8. The van der Waals surface area contributed by atoms with Crippen molar-refractivity contribution >= 4 is 5.52 Å². The summed E-state index contributed by atoms with van der Waals surface area (Å²) in [5, 5.41) is 4.48. The van der Waals surface area contributed by atoms with E-state index in [9.17, 15) is 9.18 Å². The van der Waals surface area contributed by atoms with E-state index >= 15 is 0 Å². The Morgan fingerprint density at radius 1 is 1.07 bits per heavy atom. The lowest BCUT2D eigenvalue weighted by molar-refractivity contribution is 0.340. The van der Waals surface area contributed by atoms with Crippen LogP contribution >= 0.6 is 0 Å². The Morgan fingerprint density at radius 2 is 1.89 bits per heavy atom. The Morgan fingerprint density at radius 3 is 2.63 bits per heavy atom. The summed E-state index contributed by atoms with van der Waals surface area (Å²) < 4.78 is 21.9. The molecule has 0 bridgehead atoms. The van der Waals surface area contributed by atoms with E-state index in [1.54, 1.807) is 39.7 Å². The van der Waals surface area contributed by atoms with Crippen molar-refractivity contribution in [3.05, 3.63) is 88.7 Å². The maximum Gasteiger partial charge on any atom is 0.276 e. The van der Waals surface area contributed by atoms with Gasteiger partial charge in [0.15, 0.2) is 0 Å². The summed E-state index contributed by atoms with van der Waals surface area (Å²) in [5.74, 6) is 0.478. The van der Waals surface area contributed by atoms with E-state index in [1.807, 2.05) is 31.2 Å². The van der Waals surface area contributed by atoms with Crippen LogP contribution in [0.1, 0.15) is 12.5 Å². The quantitative estimate of drug-likeness (QED) is 0.543. The lowest BCUT2D eigenvalue weighted by atomic mass is 10.1. The first-order chi connectivity index (χ1) is 13.1. The minimum absolute atomic E-state index is 0.175. The number of nitrogens with zero attached hydrogens (tertiary/aromatic N) is 3. The fourth-order valence-corrected chi connectivity index (χ4v) is 3.01. The van der Waals surface area contributed by atoms with E-state index in [0.29, 0.717) is 24.4 Å². The number of halogens is 1. The van der Waals surface area contributed by atoms with Gasteiger partial charge in [0.25, 0.3) is 5.56 Å². The average molecular weight is 363 g/mol. The highest BCUT2D eigenvalue weighted by molar-refractivity contribution is 5.66. The summed E-state index contributed by atoms with van der Waals surface area (Å²) in [7, 11) is 0. The summed E-state index contributed by atoms with van der Waals surface area (Å²) >= 11 is 0. The summed E-state index contributed by atoms with van der Waals surface area (Å²) in [5.41, 5.74) is 2.63. The first kappa shape index (κ1) is 17.0. The molecule has 2 heterocycles. The summed E-state index contributed by atoms with van der Waals surface area (Å²) in [6.07, 6.45) is 3.39. The molecule has 0 atom stereocenters. The van der Waals surface area contributed by atoms with Gasteiger partial charge in [0.1, 0.15) is 17.1 Å². The highest BCUT2D eigenvalue weighted by Gasteiger charge is 2.10. The number of benzene rings is 2. The minimum atomic E-state index is -0.316. The molecule has 0 N–H and O–H groups in total. The molecule has 0 aliphatic heterocycles. The van der Waals surface area contributed by atoms with E-state index in [2.05, 4.69) is 5.10 Å². The summed E-state index contributed by atoms with van der Waals surface area (Å²) in [6.45, 7) is 2.85. The normalized spacial score (nSPS) is 11.0. The SMILES string of the molecule is CCOc1ccc(-c2cc3c(=O)n(Cc4cccc(F)c4)ccn3n2)cc1. The smallest absolute Gasteiger partial charge is 0.276 e. The molecular formula is C21H18FN3O2. The van der Waals surface area contributed by atoms with Crippen LogP contribution in [0.4, 0.5) is 4.39 Å². The third-order valence-corrected chi connectivity index (χ3v) is 4.31. The van der Waals surface area contributed by atoms with Crippen molar-refractivity contribution in [1.82, 2.24) is 14.2 Å². The average Bonchev–Trinajstić information content (AvgIpc) is 3.10. The van der Waals surface area contributed by atoms with E-state index < -0.39 is 0 Å². The van der Waals surface area contributed by atoms with Crippen LogP contribution in [0.3, 0.4) is 0 Å². The Balaban J connectivity index is 1.68. The third kappa shape index (κ3) is 3.46. The van der Waals surface area contributed by atoms with E-state index in [0.717, 1.165) is 16.9 Å². The zero-order chi connectivity index (χ0) is 18.8. The fourth-order valence-electron chi connectivity index (χ4n) is 3.01. The number of aromatic nitrogens is 3. The predicted molar refractivity (Wildman–Crippen MR) is 102 cm³/mol. The second kappa shape index (κ2) is 7.07. The zero-order valence-electron chi connectivity index (χ0n) is 14.8. The molecule has 0 radical (unpaired) electrons. The molecule has 0 fully saturated rings. The first-order valence-electron chi connectivity index (χ1n) is 8.70. The van der Waals surface area contributed by atoms with Crippen molar-refractivity contribution in [2.24, 2.45) is 0 Å². The molecule has 2 aromatic heterocycles. The van der Waals surface area contributed by atoms with Gasteiger partial charge in [0.2, 0.25) is 0 Å². The second-order valence-electron chi connectivity index (χ2n) is 6.18. The van der Waals surface area contributed by atoms with Gasteiger partial charge in [-0.3, -0.25) is 4.79 Å². The lowest BCUT2D eigenvalue weighted by Gasteiger charge is -2.06. The van der Waals surface area contributed by atoms with Crippen LogP contribution in [0, 0.1) is 5.82 Å². The molecule has 0 spiro atoms. The van der Waals surface area contributed by atoms with Crippen LogP contribution in [0.25, 0.3) is 16.8 Å². The van der Waals surface area contributed by atoms with Crippen LogP contribution in [-0.4, -0.2) is 20.8 Å². The minimum Gasteiger partial charge on any atom is -0.494 e. The fraction of sp³-hybridized carbons (Fsp3) is 0.143.